The van der Waals surface area contributed by atoms with Gasteiger partial charge in [0.15, 0.2) is 0 Å². The molecule has 1 saturated heterocycles. The predicted molar refractivity (Wildman–Crippen MR) is 209 cm³/mol. The van der Waals surface area contributed by atoms with Crippen LogP contribution in [0.15, 0.2) is 96.1 Å². The fourth-order valence-corrected chi connectivity index (χ4v) is 25.3. The topological polar surface area (TPSA) is 0 Å². The van der Waals surface area contributed by atoms with Crippen molar-refractivity contribution in [2.45, 2.75) is 122 Å². The van der Waals surface area contributed by atoms with E-state index in [1.54, 1.807) is 33.4 Å². The van der Waals surface area contributed by atoms with Crippen molar-refractivity contribution < 1.29 is 41.4 Å². The van der Waals surface area contributed by atoms with Gasteiger partial charge in [0.25, 0.3) is 0 Å². The molecule has 3 heteroatoms. The van der Waals surface area contributed by atoms with E-state index in [0.717, 1.165) is 21.3 Å². The monoisotopic (exact) mass is 750 g/mol. The number of benzene rings is 4. The standard InChI is InChI=1S/2C21H23.C6H10.2ClH.Ti/c2*1-3-6-16-10-12-18(13-11-16)20-9-5-8-19-14-17(7-4-2)15-21(19)20;1-2-4-6-5-3-1;;;/h2*5,8-15H,3-4,6-7H2,1-2H3;1-2H,3-6H2;2*1H;/q;;;;;+2/p-2. The minimum atomic E-state index is -2.67. The Morgan fingerprint density at radius 1 is 0.490 bits per heavy atom. The summed E-state index contributed by atoms with van der Waals surface area (Å²) in [7, 11) is 0. The third-order valence-electron chi connectivity index (χ3n) is 12.9. The van der Waals surface area contributed by atoms with Crippen LogP contribution in [0, 0.1) is 0 Å². The molecule has 0 bridgehead atoms. The molecule has 0 radical (unpaired) electrons. The molecule has 0 nitrogen and oxygen atoms in total. The Labute approximate surface area is 324 Å². The summed E-state index contributed by atoms with van der Waals surface area (Å²) in [6.45, 7) is 9.40. The molecule has 2 fully saturated rings. The molecule has 0 spiro atoms. The van der Waals surface area contributed by atoms with Gasteiger partial charge in [-0.25, -0.2) is 0 Å². The summed E-state index contributed by atoms with van der Waals surface area (Å²) in [5.41, 5.74) is 18.8. The van der Waals surface area contributed by atoms with Crippen LogP contribution in [0.2, 0.25) is 8.45 Å². The summed E-state index contributed by atoms with van der Waals surface area (Å²) in [6, 6.07) is 34.0. The number of hydrogen-bond donors (Lipinski definition) is 0. The van der Waals surface area contributed by atoms with Crippen molar-refractivity contribution in [2.24, 2.45) is 0 Å². The summed E-state index contributed by atoms with van der Waals surface area (Å²) in [5, 5.41) is 0. The maximum Gasteiger partial charge on any atom is -1.00 e. The van der Waals surface area contributed by atoms with Crippen molar-refractivity contribution in [2.75, 3.05) is 0 Å². The molecule has 0 amide bonds. The summed E-state index contributed by atoms with van der Waals surface area (Å²) >= 11 is -2.67. The Morgan fingerprint density at radius 3 is 1.25 bits per heavy atom. The number of halogens is 2. The number of rotatable bonds is 12. The van der Waals surface area contributed by atoms with Gasteiger partial charge in [0.05, 0.1) is 0 Å². The van der Waals surface area contributed by atoms with Gasteiger partial charge in [0.2, 0.25) is 0 Å². The molecule has 3 aliphatic carbocycles. The Kier molecular flexibility index (Phi) is 12.3. The quantitative estimate of drug-likeness (QED) is 0.128. The van der Waals surface area contributed by atoms with Crippen LogP contribution in [-0.4, -0.2) is 0 Å². The molecular weight excluding hydrogens is 695 g/mol. The van der Waals surface area contributed by atoms with Crippen LogP contribution in [-0.2, 0) is 29.4 Å². The normalized spacial score (nSPS) is 22.7. The van der Waals surface area contributed by atoms with Gasteiger partial charge < -0.3 is 24.8 Å². The van der Waals surface area contributed by atoms with E-state index in [-0.39, 0.29) is 24.8 Å². The second-order valence-electron chi connectivity index (χ2n) is 15.8. The fraction of sp³-hybridized carbons (Fsp3) is 0.417. The van der Waals surface area contributed by atoms with E-state index in [1.165, 1.54) is 97.6 Å². The fourth-order valence-electron chi connectivity index (χ4n) is 11.1. The van der Waals surface area contributed by atoms with Gasteiger partial charge in [-0.1, -0.05) is 0 Å². The molecule has 1 saturated carbocycles. The summed E-state index contributed by atoms with van der Waals surface area (Å²) in [6.07, 6.45) is 21.0. The maximum atomic E-state index is 2.73. The Balaban J connectivity index is 0.00000224. The molecule has 1 aliphatic heterocycles. The van der Waals surface area contributed by atoms with Gasteiger partial charge in [-0.2, -0.15) is 0 Å². The van der Waals surface area contributed by atoms with Crippen molar-refractivity contribution >= 4 is 12.2 Å². The average Bonchev–Trinajstić information content (AvgIpc) is 3.40. The van der Waals surface area contributed by atoms with E-state index in [9.17, 15) is 0 Å². The zero-order chi connectivity index (χ0) is 33.5. The number of fused-ring (bicyclic) bond motifs is 3. The van der Waals surface area contributed by atoms with E-state index < -0.39 is 16.6 Å². The van der Waals surface area contributed by atoms with Gasteiger partial charge in [0.1, 0.15) is 0 Å². The molecule has 8 rings (SSSR count). The van der Waals surface area contributed by atoms with E-state index in [1.807, 2.05) is 0 Å². The van der Waals surface area contributed by atoms with Crippen molar-refractivity contribution in [1.29, 1.82) is 0 Å². The zero-order valence-electron chi connectivity index (χ0n) is 31.3. The van der Waals surface area contributed by atoms with Crippen LogP contribution in [0.4, 0.5) is 0 Å². The van der Waals surface area contributed by atoms with Crippen LogP contribution in [0.1, 0.15) is 134 Å². The number of allylic oxidation sites excluding steroid dienone is 2. The van der Waals surface area contributed by atoms with Crippen LogP contribution in [0.5, 0.6) is 0 Å². The number of hydrogen-bond acceptors (Lipinski definition) is 0. The second-order valence-corrected chi connectivity index (χ2v) is 23.1. The molecule has 4 atom stereocenters. The van der Waals surface area contributed by atoms with Crippen molar-refractivity contribution in [3.8, 4) is 22.3 Å². The zero-order valence-corrected chi connectivity index (χ0v) is 34.4. The smallest absolute Gasteiger partial charge is 1.00 e. The molecule has 4 aromatic rings. The van der Waals surface area contributed by atoms with Gasteiger partial charge in [-0.3, -0.25) is 0 Å². The van der Waals surface area contributed by atoms with Crippen molar-refractivity contribution in [3.63, 3.8) is 0 Å². The Morgan fingerprint density at radius 2 is 0.882 bits per heavy atom. The van der Waals surface area contributed by atoms with E-state index in [0.29, 0.717) is 8.45 Å². The van der Waals surface area contributed by atoms with Crippen LogP contribution in [0.3, 0.4) is 0 Å². The Bertz CT molecular complexity index is 1740. The van der Waals surface area contributed by atoms with Gasteiger partial charge in [-0.05, 0) is 0 Å². The summed E-state index contributed by atoms with van der Waals surface area (Å²) < 4.78 is 3.37. The van der Waals surface area contributed by atoms with E-state index in [2.05, 4.69) is 125 Å². The first kappa shape index (κ1) is 38.4. The first-order chi connectivity index (χ1) is 24.1. The van der Waals surface area contributed by atoms with E-state index >= 15 is 0 Å². The molecule has 4 aromatic carbocycles. The van der Waals surface area contributed by atoms with Gasteiger partial charge in [-0.15, -0.1) is 0 Å². The molecule has 1 heterocycles. The van der Waals surface area contributed by atoms with Crippen LogP contribution >= 0.6 is 0 Å². The molecule has 0 N–H and O–H groups in total. The molecule has 0 aromatic heterocycles. The van der Waals surface area contributed by atoms with Crippen LogP contribution < -0.4 is 24.8 Å². The minimum absolute atomic E-state index is 0. The minimum Gasteiger partial charge on any atom is -1.00 e. The maximum absolute atomic E-state index is 2.73. The molecule has 266 valence electrons. The first-order valence-electron chi connectivity index (χ1n) is 20.0. The predicted octanol–water partition coefficient (Wildman–Crippen LogP) is 8.43. The Hall–Kier alpha value is -2.35. The largest absolute Gasteiger partial charge is 1.00 e. The van der Waals surface area contributed by atoms with Gasteiger partial charge in [0, 0.05) is 0 Å². The van der Waals surface area contributed by atoms with Crippen molar-refractivity contribution in [3.05, 3.63) is 129 Å². The third kappa shape index (κ3) is 6.60. The molecule has 51 heavy (non-hydrogen) atoms. The van der Waals surface area contributed by atoms with E-state index in [4.69, 9.17) is 0 Å². The van der Waals surface area contributed by atoms with Crippen molar-refractivity contribution in [1.82, 2.24) is 0 Å². The molecular formula is C48H56Cl2Ti. The summed E-state index contributed by atoms with van der Waals surface area (Å²) in [4.78, 5) is 0. The average molecular weight is 752 g/mol. The third-order valence-corrected chi connectivity index (χ3v) is 23.7. The molecule has 4 aliphatic rings. The summed E-state index contributed by atoms with van der Waals surface area (Å²) in [5.74, 6) is 0. The van der Waals surface area contributed by atoms with Gasteiger partial charge >= 0.3 is 302 Å². The SMILES string of the molecule is CCCC1=Cc2c(-c3ccc(CCC)cc3)cccc2[CH]1[Ti+2]1([CH]2C(CCC)=Cc3c(-c4ccc(CCC)cc4)cccc32)[CH]2CCCC[CH]21.[Cl-].[Cl-]. The second kappa shape index (κ2) is 16.3. The first-order valence-corrected chi connectivity index (χ1v) is 23.6. The van der Waals surface area contributed by atoms with Crippen LogP contribution in [0.25, 0.3) is 34.4 Å². The molecule has 4 unspecified atom stereocenters. The number of aryl methyl sites for hydroxylation is 2.